The minimum atomic E-state index is -0.729. The molecule has 0 aliphatic carbocycles. The maximum atomic E-state index is 8.81. The summed E-state index contributed by atoms with van der Waals surface area (Å²) in [7, 11) is 1.55. The molecule has 0 aromatic heterocycles. The molecule has 0 saturated carbocycles. The summed E-state index contributed by atoms with van der Waals surface area (Å²) in [5.74, 6) is 0.723. The van der Waals surface area contributed by atoms with Gasteiger partial charge in [0.05, 0.1) is 12.7 Å². The third kappa shape index (κ3) is 4.87. The zero-order chi connectivity index (χ0) is 16.8. The van der Waals surface area contributed by atoms with E-state index in [4.69, 9.17) is 19.5 Å². The highest BCUT2D eigenvalue weighted by Gasteiger charge is 2.22. The van der Waals surface area contributed by atoms with Gasteiger partial charge < -0.3 is 14.2 Å². The Morgan fingerprint density at radius 2 is 2.05 bits per heavy atom. The summed E-state index contributed by atoms with van der Waals surface area (Å²) in [6, 6.07) is 7.95. The molecule has 0 radical (unpaired) electrons. The highest BCUT2D eigenvalue weighted by molar-refractivity contribution is 5.67. The molecule has 1 unspecified atom stereocenters. The van der Waals surface area contributed by atoms with E-state index in [1.54, 1.807) is 13.2 Å². The third-order valence-corrected chi connectivity index (χ3v) is 3.24. The smallest absolute Gasteiger partial charge is 0.315 e. The van der Waals surface area contributed by atoms with E-state index >= 15 is 0 Å². The molecule has 0 heterocycles. The van der Waals surface area contributed by atoms with Gasteiger partial charge in [0.15, 0.2) is 0 Å². The van der Waals surface area contributed by atoms with Crippen LogP contribution in [0, 0.1) is 11.3 Å². The number of hydrogen-bond acceptors (Lipinski definition) is 4. The number of nitrogens with zero attached hydrogens (tertiary/aromatic N) is 1. The number of allylic oxidation sites excluding steroid dienone is 2. The van der Waals surface area contributed by atoms with E-state index in [2.05, 4.69) is 32.9 Å². The van der Waals surface area contributed by atoms with Crippen LogP contribution in [-0.4, -0.2) is 20.2 Å². The zero-order valence-electron chi connectivity index (χ0n) is 14.3. The van der Waals surface area contributed by atoms with Crippen molar-refractivity contribution in [1.82, 2.24) is 0 Å². The predicted molar refractivity (Wildman–Crippen MR) is 87.5 cm³/mol. The molecule has 0 spiro atoms. The third-order valence-electron chi connectivity index (χ3n) is 3.24. The SMILES string of the molecule is CCOC(OC)Oc1ccc(C(C)=CC#N)cc1C(C)(C)C. The molecule has 0 bridgehead atoms. The van der Waals surface area contributed by atoms with Gasteiger partial charge in [0.2, 0.25) is 0 Å². The van der Waals surface area contributed by atoms with Crippen molar-refractivity contribution in [2.45, 2.75) is 46.5 Å². The Bertz CT molecular complexity index is 565. The molecule has 0 aliphatic rings. The van der Waals surface area contributed by atoms with E-state index < -0.39 is 6.48 Å². The van der Waals surface area contributed by atoms with Crippen LogP contribution in [0.3, 0.4) is 0 Å². The lowest BCUT2D eigenvalue weighted by molar-refractivity contribution is -0.231. The molecule has 1 aromatic rings. The number of benzene rings is 1. The molecule has 1 aromatic carbocycles. The standard InChI is InChI=1S/C18H25NO3/c1-7-21-17(20-6)22-16-9-8-14(13(2)10-11-19)12-15(16)18(3,4)5/h8-10,12,17H,7H2,1-6H3. The van der Waals surface area contributed by atoms with Crippen LogP contribution in [0.2, 0.25) is 0 Å². The molecule has 0 amide bonds. The average Bonchev–Trinajstić information content (AvgIpc) is 2.46. The monoisotopic (exact) mass is 303 g/mol. The largest absolute Gasteiger partial charge is 0.441 e. The summed E-state index contributed by atoms with van der Waals surface area (Å²) in [4.78, 5) is 0. The molecule has 4 heteroatoms. The lowest BCUT2D eigenvalue weighted by Gasteiger charge is -2.26. The van der Waals surface area contributed by atoms with Crippen LogP contribution in [-0.2, 0) is 14.9 Å². The van der Waals surface area contributed by atoms with Gasteiger partial charge in [-0.3, -0.25) is 0 Å². The van der Waals surface area contributed by atoms with E-state index in [1.165, 1.54) is 0 Å². The molecule has 1 atom stereocenters. The summed E-state index contributed by atoms with van der Waals surface area (Å²) in [5, 5.41) is 8.81. The summed E-state index contributed by atoms with van der Waals surface area (Å²) in [6.07, 6.45) is 1.54. The molecule has 120 valence electrons. The van der Waals surface area contributed by atoms with Crippen LogP contribution < -0.4 is 4.74 Å². The number of methoxy groups -OCH3 is 1. The highest BCUT2D eigenvalue weighted by atomic mass is 16.8. The van der Waals surface area contributed by atoms with Gasteiger partial charge >= 0.3 is 6.48 Å². The Labute approximate surface area is 133 Å². The van der Waals surface area contributed by atoms with Gasteiger partial charge in [0, 0.05) is 18.7 Å². The van der Waals surface area contributed by atoms with Crippen LogP contribution >= 0.6 is 0 Å². The van der Waals surface area contributed by atoms with Gasteiger partial charge in [-0.25, -0.2) is 0 Å². The van der Waals surface area contributed by atoms with Crippen molar-refractivity contribution in [3.8, 4) is 11.8 Å². The van der Waals surface area contributed by atoms with Crippen LogP contribution in [0.25, 0.3) is 5.57 Å². The summed E-state index contributed by atoms with van der Waals surface area (Å²) in [5.41, 5.74) is 2.86. The van der Waals surface area contributed by atoms with Crippen LogP contribution in [0.1, 0.15) is 45.7 Å². The molecule has 4 nitrogen and oxygen atoms in total. The maximum absolute atomic E-state index is 8.81. The molecule has 0 aliphatic heterocycles. The van der Waals surface area contributed by atoms with E-state index in [1.807, 2.05) is 26.0 Å². The number of rotatable bonds is 6. The second kappa shape index (κ2) is 7.98. The van der Waals surface area contributed by atoms with Gasteiger partial charge in [-0.05, 0) is 42.5 Å². The summed E-state index contributed by atoms with van der Waals surface area (Å²) < 4.78 is 16.4. The van der Waals surface area contributed by atoms with Crippen molar-refractivity contribution in [2.75, 3.05) is 13.7 Å². The fourth-order valence-electron chi connectivity index (χ4n) is 2.03. The first-order valence-electron chi connectivity index (χ1n) is 7.35. The molecule has 0 N–H and O–H groups in total. The van der Waals surface area contributed by atoms with Crippen molar-refractivity contribution >= 4 is 5.57 Å². The summed E-state index contributed by atoms with van der Waals surface area (Å²) >= 11 is 0. The molecular weight excluding hydrogens is 278 g/mol. The summed E-state index contributed by atoms with van der Waals surface area (Å²) in [6.45, 7) is 9.93. The van der Waals surface area contributed by atoms with Crippen molar-refractivity contribution < 1.29 is 14.2 Å². The first kappa shape index (κ1) is 18.2. The Morgan fingerprint density at radius 3 is 2.55 bits per heavy atom. The van der Waals surface area contributed by atoms with Crippen molar-refractivity contribution in [1.29, 1.82) is 5.26 Å². The minimum absolute atomic E-state index is 0.108. The molecule has 22 heavy (non-hydrogen) atoms. The van der Waals surface area contributed by atoms with Crippen LogP contribution in [0.5, 0.6) is 5.75 Å². The quantitative estimate of drug-likeness (QED) is 0.582. The Balaban J connectivity index is 3.23. The fourth-order valence-corrected chi connectivity index (χ4v) is 2.03. The van der Waals surface area contributed by atoms with E-state index in [-0.39, 0.29) is 5.41 Å². The molecular formula is C18H25NO3. The minimum Gasteiger partial charge on any atom is -0.441 e. The van der Waals surface area contributed by atoms with Crippen molar-refractivity contribution in [3.63, 3.8) is 0 Å². The van der Waals surface area contributed by atoms with Crippen molar-refractivity contribution in [3.05, 3.63) is 35.4 Å². The lowest BCUT2D eigenvalue weighted by atomic mass is 9.84. The van der Waals surface area contributed by atoms with E-state index in [9.17, 15) is 0 Å². The second-order valence-corrected chi connectivity index (χ2v) is 6.01. The van der Waals surface area contributed by atoms with Gasteiger partial charge in [0.25, 0.3) is 0 Å². The van der Waals surface area contributed by atoms with Crippen molar-refractivity contribution in [2.24, 2.45) is 0 Å². The van der Waals surface area contributed by atoms with Gasteiger partial charge in [-0.1, -0.05) is 26.8 Å². The van der Waals surface area contributed by atoms with Gasteiger partial charge in [-0.15, -0.1) is 0 Å². The molecule has 0 saturated heterocycles. The highest BCUT2D eigenvalue weighted by Crippen LogP contribution is 2.34. The Kier molecular flexibility index (Phi) is 6.61. The first-order valence-corrected chi connectivity index (χ1v) is 7.35. The van der Waals surface area contributed by atoms with Crippen LogP contribution in [0.15, 0.2) is 24.3 Å². The average molecular weight is 303 g/mol. The number of hydrogen-bond donors (Lipinski definition) is 0. The van der Waals surface area contributed by atoms with E-state index in [0.29, 0.717) is 6.61 Å². The first-order chi connectivity index (χ1) is 10.3. The predicted octanol–water partition coefficient (Wildman–Crippen LogP) is 4.26. The zero-order valence-corrected chi connectivity index (χ0v) is 14.3. The van der Waals surface area contributed by atoms with E-state index in [0.717, 1.165) is 22.4 Å². The van der Waals surface area contributed by atoms with Crippen LogP contribution in [0.4, 0.5) is 0 Å². The maximum Gasteiger partial charge on any atom is 0.315 e. The molecule has 1 rings (SSSR count). The Morgan fingerprint density at radius 1 is 1.36 bits per heavy atom. The van der Waals surface area contributed by atoms with Gasteiger partial charge in [0.1, 0.15) is 5.75 Å². The Hall–Kier alpha value is -1.83. The number of nitriles is 1. The fraction of sp³-hybridized carbons (Fsp3) is 0.500. The number of ether oxygens (including phenoxy) is 3. The molecule has 0 fully saturated rings. The lowest BCUT2D eigenvalue weighted by Crippen LogP contribution is -2.24. The normalized spacial score (nSPS) is 13.6. The van der Waals surface area contributed by atoms with Gasteiger partial charge in [-0.2, -0.15) is 5.26 Å². The second-order valence-electron chi connectivity index (χ2n) is 6.01. The topological polar surface area (TPSA) is 51.5 Å².